The molecule has 0 aliphatic carbocycles. The van der Waals surface area contributed by atoms with Gasteiger partial charge in [0.2, 0.25) is 0 Å². The van der Waals surface area contributed by atoms with E-state index >= 15 is 0 Å². The molecule has 0 aliphatic rings. The SMILES string of the molecule is N#Cc1ccc(C=CCCO)c(Cl)c1. The van der Waals surface area contributed by atoms with Gasteiger partial charge in [-0.1, -0.05) is 29.8 Å². The first-order valence-electron chi connectivity index (χ1n) is 4.25. The largest absolute Gasteiger partial charge is 0.396 e. The summed E-state index contributed by atoms with van der Waals surface area (Å²) in [5.74, 6) is 0. The minimum Gasteiger partial charge on any atom is -0.396 e. The van der Waals surface area contributed by atoms with Crippen molar-refractivity contribution in [2.24, 2.45) is 0 Å². The van der Waals surface area contributed by atoms with Gasteiger partial charge >= 0.3 is 0 Å². The number of benzene rings is 1. The van der Waals surface area contributed by atoms with Crippen molar-refractivity contribution in [2.45, 2.75) is 6.42 Å². The number of aliphatic hydroxyl groups excluding tert-OH is 1. The molecule has 0 radical (unpaired) electrons. The highest BCUT2D eigenvalue weighted by atomic mass is 35.5. The lowest BCUT2D eigenvalue weighted by molar-refractivity contribution is 0.303. The monoisotopic (exact) mass is 207 g/mol. The fraction of sp³-hybridized carbons (Fsp3) is 0.182. The van der Waals surface area contributed by atoms with Gasteiger partial charge in [0, 0.05) is 11.6 Å². The third kappa shape index (κ3) is 2.88. The third-order valence-corrected chi connectivity index (χ3v) is 2.05. The number of aliphatic hydroxyl groups is 1. The molecule has 0 aliphatic heterocycles. The van der Waals surface area contributed by atoms with Crippen LogP contribution in [0.2, 0.25) is 5.02 Å². The van der Waals surface area contributed by atoms with E-state index in [0.717, 1.165) is 5.56 Å². The van der Waals surface area contributed by atoms with Crippen LogP contribution >= 0.6 is 11.6 Å². The van der Waals surface area contributed by atoms with Gasteiger partial charge in [-0.05, 0) is 24.1 Å². The molecule has 72 valence electrons. The molecule has 0 bridgehead atoms. The summed E-state index contributed by atoms with van der Waals surface area (Å²) in [5.41, 5.74) is 1.41. The molecule has 2 nitrogen and oxygen atoms in total. The normalized spacial score (nSPS) is 10.4. The second-order valence-corrected chi connectivity index (χ2v) is 3.17. The number of hydrogen-bond donors (Lipinski definition) is 1. The Kier molecular flexibility index (Phi) is 4.18. The Morgan fingerprint density at radius 1 is 1.50 bits per heavy atom. The zero-order valence-electron chi connectivity index (χ0n) is 7.57. The Labute approximate surface area is 88.1 Å². The number of halogens is 1. The van der Waals surface area contributed by atoms with Gasteiger partial charge in [0.1, 0.15) is 0 Å². The minimum absolute atomic E-state index is 0.129. The van der Waals surface area contributed by atoms with Gasteiger partial charge in [0.15, 0.2) is 0 Å². The van der Waals surface area contributed by atoms with Crippen LogP contribution in [0.15, 0.2) is 24.3 Å². The van der Waals surface area contributed by atoms with E-state index in [2.05, 4.69) is 0 Å². The molecule has 0 saturated heterocycles. The Morgan fingerprint density at radius 3 is 2.86 bits per heavy atom. The molecule has 0 heterocycles. The van der Waals surface area contributed by atoms with E-state index in [-0.39, 0.29) is 6.61 Å². The molecule has 0 atom stereocenters. The standard InChI is InChI=1S/C11H10ClNO/c12-11-7-9(8-13)4-5-10(11)3-1-2-6-14/h1,3-5,7,14H,2,6H2. The van der Waals surface area contributed by atoms with Gasteiger partial charge in [0.25, 0.3) is 0 Å². The van der Waals surface area contributed by atoms with Gasteiger partial charge in [-0.25, -0.2) is 0 Å². The molecule has 0 unspecified atom stereocenters. The van der Waals surface area contributed by atoms with E-state index in [1.807, 2.05) is 18.2 Å². The van der Waals surface area contributed by atoms with Crippen molar-refractivity contribution in [3.05, 3.63) is 40.4 Å². The van der Waals surface area contributed by atoms with Gasteiger partial charge in [-0.15, -0.1) is 0 Å². The third-order valence-electron chi connectivity index (χ3n) is 1.72. The summed E-state index contributed by atoms with van der Waals surface area (Å²) >= 11 is 5.92. The second kappa shape index (κ2) is 5.43. The van der Waals surface area contributed by atoms with Crippen LogP contribution in [0.4, 0.5) is 0 Å². The molecule has 1 N–H and O–H groups in total. The maximum Gasteiger partial charge on any atom is 0.0992 e. The highest BCUT2D eigenvalue weighted by molar-refractivity contribution is 6.32. The second-order valence-electron chi connectivity index (χ2n) is 2.76. The summed E-state index contributed by atoms with van der Waals surface area (Å²) in [7, 11) is 0. The summed E-state index contributed by atoms with van der Waals surface area (Å²) in [6.45, 7) is 0.129. The number of hydrogen-bond acceptors (Lipinski definition) is 2. The summed E-state index contributed by atoms with van der Waals surface area (Å²) in [5, 5.41) is 17.7. The summed E-state index contributed by atoms with van der Waals surface area (Å²) in [4.78, 5) is 0. The van der Waals surface area contributed by atoms with Gasteiger partial charge in [0.05, 0.1) is 11.6 Å². The van der Waals surface area contributed by atoms with Crippen LogP contribution in [0.3, 0.4) is 0 Å². The smallest absolute Gasteiger partial charge is 0.0992 e. The van der Waals surface area contributed by atoms with E-state index in [4.69, 9.17) is 22.0 Å². The molecule has 0 spiro atoms. The molecule has 0 saturated carbocycles. The first-order valence-corrected chi connectivity index (χ1v) is 4.63. The summed E-state index contributed by atoms with van der Waals surface area (Å²) in [6, 6.07) is 7.14. The van der Waals surface area contributed by atoms with Gasteiger partial charge in [-0.3, -0.25) is 0 Å². The molecule has 0 amide bonds. The van der Waals surface area contributed by atoms with E-state index in [1.54, 1.807) is 18.2 Å². The van der Waals surface area contributed by atoms with E-state index in [9.17, 15) is 0 Å². The van der Waals surface area contributed by atoms with Crippen LogP contribution in [0.5, 0.6) is 0 Å². The van der Waals surface area contributed by atoms with E-state index in [0.29, 0.717) is 17.0 Å². The van der Waals surface area contributed by atoms with Crippen molar-refractivity contribution in [2.75, 3.05) is 6.61 Å². The maximum atomic E-state index is 8.61. The molecule has 1 rings (SSSR count). The molecule has 0 aromatic heterocycles. The van der Waals surface area contributed by atoms with Crippen LogP contribution in [-0.2, 0) is 0 Å². The minimum atomic E-state index is 0.129. The topological polar surface area (TPSA) is 44.0 Å². The lowest BCUT2D eigenvalue weighted by Gasteiger charge is -1.97. The lowest BCUT2D eigenvalue weighted by atomic mass is 10.1. The van der Waals surface area contributed by atoms with Crippen molar-refractivity contribution in [1.29, 1.82) is 5.26 Å². The molecule has 3 heteroatoms. The molecular weight excluding hydrogens is 198 g/mol. The van der Waals surface area contributed by atoms with Crippen LogP contribution in [-0.4, -0.2) is 11.7 Å². The Hall–Kier alpha value is -1.30. The quantitative estimate of drug-likeness (QED) is 0.828. The zero-order chi connectivity index (χ0) is 10.4. The first kappa shape index (κ1) is 10.8. The highest BCUT2D eigenvalue weighted by Gasteiger charge is 1.97. The van der Waals surface area contributed by atoms with Crippen molar-refractivity contribution in [3.8, 4) is 6.07 Å². The fourth-order valence-corrected chi connectivity index (χ4v) is 1.26. The molecule has 1 aromatic rings. The molecular formula is C11H10ClNO. The average molecular weight is 208 g/mol. The Bertz CT molecular complexity index is 379. The van der Waals surface area contributed by atoms with Crippen molar-refractivity contribution in [3.63, 3.8) is 0 Å². The van der Waals surface area contributed by atoms with Crippen LogP contribution in [0.1, 0.15) is 17.5 Å². The Morgan fingerprint density at radius 2 is 2.29 bits per heavy atom. The van der Waals surface area contributed by atoms with Crippen LogP contribution in [0.25, 0.3) is 6.08 Å². The lowest BCUT2D eigenvalue weighted by Crippen LogP contribution is -1.80. The van der Waals surface area contributed by atoms with Crippen molar-refractivity contribution in [1.82, 2.24) is 0 Å². The van der Waals surface area contributed by atoms with Gasteiger partial charge < -0.3 is 5.11 Å². The van der Waals surface area contributed by atoms with Gasteiger partial charge in [-0.2, -0.15) is 5.26 Å². The molecule has 1 aromatic carbocycles. The Balaban J connectivity index is 2.85. The van der Waals surface area contributed by atoms with Crippen molar-refractivity contribution < 1.29 is 5.11 Å². The predicted molar refractivity (Wildman–Crippen MR) is 56.9 cm³/mol. The fourth-order valence-electron chi connectivity index (χ4n) is 1.02. The predicted octanol–water partition coefficient (Wildman–Crippen LogP) is 2.61. The van der Waals surface area contributed by atoms with Crippen LogP contribution in [0, 0.1) is 11.3 Å². The maximum absolute atomic E-state index is 8.61. The number of rotatable bonds is 3. The molecule has 14 heavy (non-hydrogen) atoms. The first-order chi connectivity index (χ1) is 6.77. The highest BCUT2D eigenvalue weighted by Crippen LogP contribution is 2.18. The van der Waals surface area contributed by atoms with Crippen molar-refractivity contribution >= 4 is 17.7 Å². The number of nitrogens with zero attached hydrogens (tertiary/aromatic N) is 1. The van der Waals surface area contributed by atoms with E-state index in [1.165, 1.54) is 0 Å². The molecule has 0 fully saturated rings. The number of nitriles is 1. The summed E-state index contributed by atoms with van der Waals surface area (Å²) < 4.78 is 0. The average Bonchev–Trinajstić information content (AvgIpc) is 2.20. The zero-order valence-corrected chi connectivity index (χ0v) is 8.33. The van der Waals surface area contributed by atoms with Crippen LogP contribution < -0.4 is 0 Å². The van der Waals surface area contributed by atoms with E-state index < -0.39 is 0 Å². The summed E-state index contributed by atoms with van der Waals surface area (Å²) in [6.07, 6.45) is 4.28.